The number of amides is 2. The van der Waals surface area contributed by atoms with Gasteiger partial charge in [0.25, 0.3) is 0 Å². The molecular formula is C13H16FN3O2. The van der Waals surface area contributed by atoms with Gasteiger partial charge in [0.2, 0.25) is 11.8 Å². The molecular weight excluding hydrogens is 249 g/mol. The highest BCUT2D eigenvalue weighted by Crippen LogP contribution is 2.12. The first-order valence-electron chi connectivity index (χ1n) is 6.14. The van der Waals surface area contributed by atoms with E-state index in [0.29, 0.717) is 13.1 Å². The molecule has 1 unspecified atom stereocenters. The van der Waals surface area contributed by atoms with E-state index in [1.807, 2.05) is 0 Å². The number of hydrogen-bond donors (Lipinski definition) is 2. The van der Waals surface area contributed by atoms with Crippen LogP contribution in [0.15, 0.2) is 24.3 Å². The molecule has 1 aromatic rings. The van der Waals surface area contributed by atoms with Crippen LogP contribution in [0.5, 0.6) is 0 Å². The fourth-order valence-corrected chi connectivity index (χ4v) is 1.97. The maximum absolute atomic E-state index is 13.4. The Bertz CT molecular complexity index is 493. The number of carbonyl (C=O) groups is 2. The van der Waals surface area contributed by atoms with Crippen LogP contribution in [0.1, 0.15) is 6.92 Å². The van der Waals surface area contributed by atoms with Crippen molar-refractivity contribution in [3.63, 3.8) is 0 Å². The van der Waals surface area contributed by atoms with Crippen LogP contribution in [0.3, 0.4) is 0 Å². The van der Waals surface area contributed by atoms with Gasteiger partial charge in [-0.2, -0.15) is 0 Å². The normalized spacial score (nSPS) is 19.4. The van der Waals surface area contributed by atoms with E-state index in [4.69, 9.17) is 0 Å². The minimum Gasteiger partial charge on any atom is -0.331 e. The molecule has 1 aromatic carbocycles. The van der Waals surface area contributed by atoms with Crippen LogP contribution < -0.4 is 10.6 Å². The number of hydrogen-bond acceptors (Lipinski definition) is 3. The summed E-state index contributed by atoms with van der Waals surface area (Å²) in [5, 5.41) is 5.48. The fraction of sp³-hybridized carbons (Fsp3) is 0.385. The largest absolute Gasteiger partial charge is 0.331 e. The van der Waals surface area contributed by atoms with Crippen LogP contribution in [-0.4, -0.2) is 42.4 Å². The molecule has 0 radical (unpaired) electrons. The molecule has 1 fully saturated rings. The van der Waals surface area contributed by atoms with Crippen LogP contribution in [0, 0.1) is 5.82 Å². The molecule has 1 atom stereocenters. The second-order valence-corrected chi connectivity index (χ2v) is 4.46. The van der Waals surface area contributed by atoms with Crippen molar-refractivity contribution in [3.8, 4) is 0 Å². The van der Waals surface area contributed by atoms with E-state index in [1.165, 1.54) is 17.0 Å². The van der Waals surface area contributed by atoms with Gasteiger partial charge in [0, 0.05) is 13.1 Å². The van der Waals surface area contributed by atoms with Gasteiger partial charge in [0.15, 0.2) is 0 Å². The van der Waals surface area contributed by atoms with Gasteiger partial charge in [-0.05, 0) is 19.1 Å². The number of piperazine rings is 1. The zero-order valence-corrected chi connectivity index (χ0v) is 10.6. The predicted molar refractivity (Wildman–Crippen MR) is 69.1 cm³/mol. The molecule has 1 aliphatic heterocycles. The molecule has 1 saturated heterocycles. The highest BCUT2D eigenvalue weighted by molar-refractivity contribution is 5.95. The number of para-hydroxylation sites is 1. The van der Waals surface area contributed by atoms with Crippen molar-refractivity contribution in [2.45, 2.75) is 13.0 Å². The predicted octanol–water partition coefficient (Wildman–Crippen LogP) is 0.584. The first kappa shape index (κ1) is 13.5. The topological polar surface area (TPSA) is 61.4 Å². The second kappa shape index (κ2) is 5.79. The molecule has 0 aliphatic carbocycles. The van der Waals surface area contributed by atoms with E-state index >= 15 is 0 Å². The summed E-state index contributed by atoms with van der Waals surface area (Å²) >= 11 is 0. The zero-order valence-electron chi connectivity index (χ0n) is 10.6. The molecule has 0 saturated carbocycles. The first-order chi connectivity index (χ1) is 9.08. The van der Waals surface area contributed by atoms with Crippen molar-refractivity contribution >= 4 is 17.5 Å². The van der Waals surface area contributed by atoms with E-state index in [0.717, 1.165) is 0 Å². The van der Waals surface area contributed by atoms with E-state index in [1.54, 1.807) is 19.1 Å². The van der Waals surface area contributed by atoms with E-state index in [9.17, 15) is 14.0 Å². The second-order valence-electron chi connectivity index (χ2n) is 4.46. The van der Waals surface area contributed by atoms with Gasteiger partial charge < -0.3 is 15.5 Å². The third kappa shape index (κ3) is 3.29. The third-order valence-electron chi connectivity index (χ3n) is 3.00. The van der Waals surface area contributed by atoms with Crippen LogP contribution >= 0.6 is 0 Å². The summed E-state index contributed by atoms with van der Waals surface area (Å²) < 4.78 is 13.4. The number of benzene rings is 1. The van der Waals surface area contributed by atoms with Crippen molar-refractivity contribution in [1.29, 1.82) is 0 Å². The lowest BCUT2D eigenvalue weighted by atomic mass is 10.2. The molecule has 0 bridgehead atoms. The van der Waals surface area contributed by atoms with Crippen molar-refractivity contribution < 1.29 is 14.0 Å². The van der Waals surface area contributed by atoms with Crippen LogP contribution in [0.2, 0.25) is 0 Å². The molecule has 2 rings (SSSR count). The fourth-order valence-electron chi connectivity index (χ4n) is 1.97. The monoisotopic (exact) mass is 265 g/mol. The standard InChI is InChI=1S/C13H16FN3O2/c1-9-13(19)17(7-6-15-9)8-12(18)16-11-5-3-2-4-10(11)14/h2-5,9,15H,6-8H2,1H3,(H,16,18). The molecule has 1 aliphatic rings. The van der Waals surface area contributed by atoms with Crippen molar-refractivity contribution in [3.05, 3.63) is 30.1 Å². The molecule has 6 heteroatoms. The molecule has 102 valence electrons. The first-order valence-corrected chi connectivity index (χ1v) is 6.14. The number of rotatable bonds is 3. The summed E-state index contributed by atoms with van der Waals surface area (Å²) in [5.74, 6) is -1.00. The summed E-state index contributed by atoms with van der Waals surface area (Å²) in [6, 6.07) is 5.65. The number of anilines is 1. The summed E-state index contributed by atoms with van der Waals surface area (Å²) in [4.78, 5) is 25.1. The molecule has 19 heavy (non-hydrogen) atoms. The number of carbonyl (C=O) groups excluding carboxylic acids is 2. The van der Waals surface area contributed by atoms with Gasteiger partial charge in [-0.3, -0.25) is 9.59 Å². The molecule has 0 spiro atoms. The van der Waals surface area contributed by atoms with Crippen molar-refractivity contribution in [2.24, 2.45) is 0 Å². The Balaban J connectivity index is 1.94. The number of halogens is 1. The minimum absolute atomic E-state index is 0.0564. The lowest BCUT2D eigenvalue weighted by Gasteiger charge is -2.30. The van der Waals surface area contributed by atoms with E-state index in [2.05, 4.69) is 10.6 Å². The van der Waals surface area contributed by atoms with E-state index in [-0.39, 0.29) is 24.2 Å². The maximum atomic E-state index is 13.4. The van der Waals surface area contributed by atoms with Crippen LogP contribution in [0.4, 0.5) is 10.1 Å². The van der Waals surface area contributed by atoms with Gasteiger partial charge in [-0.1, -0.05) is 12.1 Å². The van der Waals surface area contributed by atoms with Crippen LogP contribution in [0.25, 0.3) is 0 Å². The number of nitrogens with zero attached hydrogens (tertiary/aromatic N) is 1. The summed E-state index contributed by atoms with van der Waals surface area (Å²) in [6.07, 6.45) is 0. The highest BCUT2D eigenvalue weighted by atomic mass is 19.1. The zero-order chi connectivity index (χ0) is 13.8. The quantitative estimate of drug-likeness (QED) is 0.840. The lowest BCUT2D eigenvalue weighted by molar-refractivity contribution is -0.138. The Hall–Kier alpha value is -1.95. The Morgan fingerprint density at radius 2 is 2.26 bits per heavy atom. The maximum Gasteiger partial charge on any atom is 0.244 e. The summed E-state index contributed by atoms with van der Waals surface area (Å²) in [5.41, 5.74) is 0.128. The molecule has 2 amide bonds. The van der Waals surface area contributed by atoms with Crippen molar-refractivity contribution in [2.75, 3.05) is 25.0 Å². The lowest BCUT2D eigenvalue weighted by Crippen LogP contribution is -2.55. The van der Waals surface area contributed by atoms with E-state index < -0.39 is 11.7 Å². The summed E-state index contributed by atoms with van der Waals surface area (Å²) in [7, 11) is 0. The Morgan fingerprint density at radius 3 is 3.00 bits per heavy atom. The average molecular weight is 265 g/mol. The molecule has 0 aromatic heterocycles. The molecule has 5 nitrogen and oxygen atoms in total. The van der Waals surface area contributed by atoms with Crippen LogP contribution in [-0.2, 0) is 9.59 Å². The van der Waals surface area contributed by atoms with Gasteiger partial charge >= 0.3 is 0 Å². The van der Waals surface area contributed by atoms with Crippen molar-refractivity contribution in [1.82, 2.24) is 10.2 Å². The van der Waals surface area contributed by atoms with Gasteiger partial charge in [-0.25, -0.2) is 4.39 Å². The van der Waals surface area contributed by atoms with Gasteiger partial charge in [-0.15, -0.1) is 0 Å². The highest BCUT2D eigenvalue weighted by Gasteiger charge is 2.26. The molecule has 2 N–H and O–H groups in total. The Labute approximate surface area is 110 Å². The Kier molecular flexibility index (Phi) is 4.11. The Morgan fingerprint density at radius 1 is 1.53 bits per heavy atom. The SMILES string of the molecule is CC1NCCN(CC(=O)Nc2ccccc2F)C1=O. The molecule has 1 heterocycles. The smallest absolute Gasteiger partial charge is 0.244 e. The third-order valence-corrected chi connectivity index (χ3v) is 3.00. The average Bonchev–Trinajstić information content (AvgIpc) is 2.38. The van der Waals surface area contributed by atoms with Gasteiger partial charge in [0.1, 0.15) is 5.82 Å². The van der Waals surface area contributed by atoms with Gasteiger partial charge in [0.05, 0.1) is 18.3 Å². The summed E-state index contributed by atoms with van der Waals surface area (Å²) in [6.45, 7) is 2.83. The number of nitrogens with one attached hydrogen (secondary N) is 2. The minimum atomic E-state index is -0.490.